The lowest BCUT2D eigenvalue weighted by Gasteiger charge is -2.11. The van der Waals surface area contributed by atoms with Crippen LogP contribution in [0.2, 0.25) is 0 Å². The number of nitrogens with zero attached hydrogens (tertiary/aromatic N) is 2. The quantitative estimate of drug-likeness (QED) is 0.490. The molecule has 0 spiro atoms. The molecule has 1 heterocycles. The molecule has 0 aliphatic heterocycles. The van der Waals surface area contributed by atoms with Crippen molar-refractivity contribution in [2.45, 2.75) is 6.61 Å². The molecule has 0 aliphatic carbocycles. The first kappa shape index (κ1) is 17.8. The standard InChI is InChI=1S/C20H16BrN3O2/c21-16-9-10-19(26-14-15-6-2-1-3-7-15)18(12-16)20(25)24-23-13-17-8-4-5-11-22-17/h1-13H,14H2,(H,24,25)/b23-13+. The van der Waals surface area contributed by atoms with Crippen LogP contribution >= 0.6 is 15.9 Å². The summed E-state index contributed by atoms with van der Waals surface area (Å²) in [6, 6.07) is 20.5. The number of aromatic nitrogens is 1. The van der Waals surface area contributed by atoms with Crippen molar-refractivity contribution in [2.75, 3.05) is 0 Å². The molecule has 0 atom stereocenters. The van der Waals surface area contributed by atoms with Crippen molar-refractivity contribution in [3.05, 3.63) is 94.2 Å². The Morgan fingerprint density at radius 1 is 1.12 bits per heavy atom. The number of halogens is 1. The first-order valence-corrected chi connectivity index (χ1v) is 8.72. The number of benzene rings is 2. The second-order valence-electron chi connectivity index (χ2n) is 5.37. The number of rotatable bonds is 6. The molecule has 2 aromatic carbocycles. The maximum Gasteiger partial charge on any atom is 0.275 e. The summed E-state index contributed by atoms with van der Waals surface area (Å²) in [6.07, 6.45) is 3.15. The molecule has 130 valence electrons. The van der Waals surface area contributed by atoms with Gasteiger partial charge in [-0.2, -0.15) is 5.10 Å². The van der Waals surface area contributed by atoms with E-state index in [1.165, 1.54) is 6.21 Å². The Labute approximate surface area is 159 Å². The third kappa shape index (κ3) is 5.00. The maximum absolute atomic E-state index is 12.5. The Kier molecular flexibility index (Phi) is 6.11. The molecule has 0 saturated heterocycles. The van der Waals surface area contributed by atoms with Crippen molar-refractivity contribution in [1.82, 2.24) is 10.4 Å². The highest BCUT2D eigenvalue weighted by molar-refractivity contribution is 9.10. The minimum atomic E-state index is -0.360. The van der Waals surface area contributed by atoms with Gasteiger partial charge in [0.2, 0.25) is 0 Å². The molecule has 0 radical (unpaired) electrons. The van der Waals surface area contributed by atoms with E-state index in [4.69, 9.17) is 4.74 Å². The zero-order valence-electron chi connectivity index (χ0n) is 13.8. The van der Waals surface area contributed by atoms with Gasteiger partial charge in [0, 0.05) is 10.7 Å². The fourth-order valence-corrected chi connectivity index (χ4v) is 2.57. The number of carbonyl (C=O) groups excluding carboxylic acids is 1. The SMILES string of the molecule is O=C(N/N=C/c1ccccn1)c1cc(Br)ccc1OCc1ccccc1. The molecule has 3 aromatic rings. The van der Waals surface area contributed by atoms with E-state index >= 15 is 0 Å². The lowest BCUT2D eigenvalue weighted by Crippen LogP contribution is -2.19. The topological polar surface area (TPSA) is 63.6 Å². The van der Waals surface area contributed by atoms with E-state index in [0.717, 1.165) is 10.0 Å². The van der Waals surface area contributed by atoms with Crippen LogP contribution in [-0.2, 0) is 6.61 Å². The average molecular weight is 410 g/mol. The van der Waals surface area contributed by atoms with Crippen LogP contribution < -0.4 is 10.2 Å². The minimum Gasteiger partial charge on any atom is -0.488 e. The third-order valence-corrected chi connectivity index (χ3v) is 3.97. The number of carbonyl (C=O) groups is 1. The first-order valence-electron chi connectivity index (χ1n) is 7.93. The molecular weight excluding hydrogens is 394 g/mol. The van der Waals surface area contributed by atoms with Crippen molar-refractivity contribution in [1.29, 1.82) is 0 Å². The Bertz CT molecular complexity index is 899. The van der Waals surface area contributed by atoms with Gasteiger partial charge in [0.15, 0.2) is 0 Å². The summed E-state index contributed by atoms with van der Waals surface area (Å²) < 4.78 is 6.60. The van der Waals surface area contributed by atoms with Crippen LogP contribution in [0, 0.1) is 0 Å². The molecule has 1 N–H and O–H groups in total. The predicted octanol–water partition coefficient (Wildman–Crippen LogP) is 4.19. The van der Waals surface area contributed by atoms with Crippen LogP contribution in [0.25, 0.3) is 0 Å². The van der Waals surface area contributed by atoms with Crippen molar-refractivity contribution in [2.24, 2.45) is 5.10 Å². The Balaban J connectivity index is 1.70. The normalized spacial score (nSPS) is 10.7. The van der Waals surface area contributed by atoms with Gasteiger partial charge in [0.05, 0.1) is 17.5 Å². The molecule has 5 nitrogen and oxygen atoms in total. The van der Waals surface area contributed by atoms with Gasteiger partial charge in [-0.25, -0.2) is 5.43 Å². The molecule has 3 rings (SSSR count). The van der Waals surface area contributed by atoms with Gasteiger partial charge in [-0.05, 0) is 35.9 Å². The van der Waals surface area contributed by atoms with Crippen LogP contribution in [0.15, 0.2) is 82.5 Å². The molecule has 6 heteroatoms. The van der Waals surface area contributed by atoms with Gasteiger partial charge in [0.1, 0.15) is 12.4 Å². The van der Waals surface area contributed by atoms with E-state index in [9.17, 15) is 4.79 Å². The Morgan fingerprint density at radius 2 is 1.92 bits per heavy atom. The predicted molar refractivity (Wildman–Crippen MR) is 104 cm³/mol. The number of pyridine rings is 1. The van der Waals surface area contributed by atoms with Gasteiger partial charge >= 0.3 is 0 Å². The van der Waals surface area contributed by atoms with Crippen molar-refractivity contribution in [3.8, 4) is 5.75 Å². The lowest BCUT2D eigenvalue weighted by atomic mass is 10.2. The molecule has 0 fully saturated rings. The van der Waals surface area contributed by atoms with Gasteiger partial charge < -0.3 is 4.74 Å². The average Bonchev–Trinajstić information content (AvgIpc) is 2.68. The summed E-state index contributed by atoms with van der Waals surface area (Å²) in [5.74, 6) is 0.129. The molecular formula is C20H16BrN3O2. The molecule has 1 aromatic heterocycles. The summed E-state index contributed by atoms with van der Waals surface area (Å²) in [5.41, 5.74) is 4.58. The monoisotopic (exact) mass is 409 g/mol. The van der Waals surface area contributed by atoms with E-state index in [0.29, 0.717) is 23.6 Å². The van der Waals surface area contributed by atoms with Gasteiger partial charge in [-0.1, -0.05) is 52.3 Å². The summed E-state index contributed by atoms with van der Waals surface area (Å²) in [6.45, 7) is 0.375. The second kappa shape index (κ2) is 8.92. The van der Waals surface area contributed by atoms with Crippen LogP contribution in [0.3, 0.4) is 0 Å². The smallest absolute Gasteiger partial charge is 0.275 e. The number of hydrogen-bond acceptors (Lipinski definition) is 4. The molecule has 0 bridgehead atoms. The fourth-order valence-electron chi connectivity index (χ4n) is 2.21. The minimum absolute atomic E-state index is 0.360. The van der Waals surface area contributed by atoms with Gasteiger partial charge in [-0.15, -0.1) is 0 Å². The fraction of sp³-hybridized carbons (Fsp3) is 0.0500. The second-order valence-corrected chi connectivity index (χ2v) is 6.28. The molecule has 0 saturated carbocycles. The number of hydrogen-bond donors (Lipinski definition) is 1. The molecule has 0 aliphatic rings. The van der Waals surface area contributed by atoms with E-state index in [2.05, 4.69) is 31.4 Å². The summed E-state index contributed by atoms with van der Waals surface area (Å²) in [7, 11) is 0. The zero-order valence-corrected chi connectivity index (χ0v) is 15.4. The van der Waals surface area contributed by atoms with Crippen molar-refractivity contribution >= 4 is 28.1 Å². The number of amides is 1. The van der Waals surface area contributed by atoms with Crippen LogP contribution in [0.5, 0.6) is 5.75 Å². The highest BCUT2D eigenvalue weighted by Gasteiger charge is 2.13. The van der Waals surface area contributed by atoms with Crippen LogP contribution in [-0.4, -0.2) is 17.1 Å². The van der Waals surface area contributed by atoms with E-state index in [-0.39, 0.29) is 5.91 Å². The van der Waals surface area contributed by atoms with Crippen LogP contribution in [0.4, 0.5) is 0 Å². The van der Waals surface area contributed by atoms with Crippen molar-refractivity contribution < 1.29 is 9.53 Å². The Hall–Kier alpha value is -2.99. The number of ether oxygens (including phenoxy) is 1. The maximum atomic E-state index is 12.5. The first-order chi connectivity index (χ1) is 12.7. The number of nitrogens with one attached hydrogen (secondary N) is 1. The molecule has 26 heavy (non-hydrogen) atoms. The van der Waals surface area contributed by atoms with Gasteiger partial charge in [-0.3, -0.25) is 9.78 Å². The third-order valence-electron chi connectivity index (χ3n) is 3.47. The van der Waals surface area contributed by atoms with Crippen LogP contribution in [0.1, 0.15) is 21.6 Å². The zero-order chi connectivity index (χ0) is 18.2. The van der Waals surface area contributed by atoms with Crippen molar-refractivity contribution in [3.63, 3.8) is 0 Å². The van der Waals surface area contributed by atoms with E-state index in [1.54, 1.807) is 24.4 Å². The van der Waals surface area contributed by atoms with E-state index < -0.39 is 0 Å². The summed E-state index contributed by atoms with van der Waals surface area (Å²) in [4.78, 5) is 16.6. The largest absolute Gasteiger partial charge is 0.488 e. The highest BCUT2D eigenvalue weighted by atomic mass is 79.9. The summed E-state index contributed by atoms with van der Waals surface area (Å²) in [5, 5.41) is 3.95. The molecule has 1 amide bonds. The molecule has 0 unspecified atom stereocenters. The van der Waals surface area contributed by atoms with E-state index in [1.807, 2.05) is 48.5 Å². The summed E-state index contributed by atoms with van der Waals surface area (Å²) >= 11 is 3.38. The van der Waals surface area contributed by atoms with Gasteiger partial charge in [0.25, 0.3) is 5.91 Å². The lowest BCUT2D eigenvalue weighted by molar-refractivity contribution is 0.0950. The Morgan fingerprint density at radius 3 is 2.69 bits per heavy atom. The highest BCUT2D eigenvalue weighted by Crippen LogP contribution is 2.24. The number of hydrazone groups is 1.